The van der Waals surface area contributed by atoms with Crippen molar-refractivity contribution in [3.63, 3.8) is 0 Å². The smallest absolute Gasteiger partial charge is 0.0798 e. The Kier molecular flexibility index (Phi) is 4.36. The molecule has 0 spiro atoms. The van der Waals surface area contributed by atoms with Gasteiger partial charge in [-0.1, -0.05) is 36.4 Å². The van der Waals surface area contributed by atoms with Crippen molar-refractivity contribution in [2.45, 2.75) is 13.0 Å². The second kappa shape index (κ2) is 5.58. The average molecular weight is 191 g/mol. The molecule has 14 heavy (non-hydrogen) atoms. The first-order valence-electron chi connectivity index (χ1n) is 4.78. The van der Waals surface area contributed by atoms with E-state index in [9.17, 15) is 0 Å². The molecule has 0 aliphatic carbocycles. The van der Waals surface area contributed by atoms with Crippen molar-refractivity contribution in [1.82, 2.24) is 0 Å². The zero-order valence-electron chi connectivity index (χ0n) is 8.73. The van der Waals surface area contributed by atoms with E-state index in [1.807, 2.05) is 31.2 Å². The van der Waals surface area contributed by atoms with Crippen LogP contribution in [0.5, 0.6) is 0 Å². The summed E-state index contributed by atoms with van der Waals surface area (Å²) in [6, 6.07) is 8.17. The van der Waals surface area contributed by atoms with Crippen LogP contribution in [0.4, 0.5) is 0 Å². The summed E-state index contributed by atoms with van der Waals surface area (Å²) in [7, 11) is 1.72. The van der Waals surface area contributed by atoms with Crippen LogP contribution >= 0.6 is 0 Å². The van der Waals surface area contributed by atoms with Gasteiger partial charge in [0.2, 0.25) is 0 Å². The lowest BCUT2D eigenvalue weighted by atomic mass is 10.0. The first-order valence-corrected chi connectivity index (χ1v) is 4.78. The van der Waals surface area contributed by atoms with Gasteiger partial charge in [0.1, 0.15) is 0 Å². The third kappa shape index (κ3) is 2.69. The van der Waals surface area contributed by atoms with Gasteiger partial charge in [-0.25, -0.2) is 0 Å². The Bertz CT molecular complexity index is 307. The Balaban J connectivity index is 2.96. The van der Waals surface area contributed by atoms with Crippen molar-refractivity contribution < 1.29 is 4.74 Å². The Morgan fingerprint density at radius 2 is 2.14 bits per heavy atom. The Morgan fingerprint density at radius 1 is 1.43 bits per heavy atom. The SMILES string of the molecule is COC(C)c1ccccc1/C=C/CN. The highest BCUT2D eigenvalue weighted by atomic mass is 16.5. The standard InChI is InChI=1S/C12H17NO/c1-10(14-2)12-8-4-3-6-11(12)7-5-9-13/h3-8,10H,9,13H2,1-2H3/b7-5+. The second-order valence-electron chi connectivity index (χ2n) is 3.14. The van der Waals surface area contributed by atoms with E-state index in [2.05, 4.69) is 12.1 Å². The minimum Gasteiger partial charge on any atom is -0.377 e. The van der Waals surface area contributed by atoms with Gasteiger partial charge in [0.15, 0.2) is 0 Å². The van der Waals surface area contributed by atoms with Crippen LogP contribution < -0.4 is 5.73 Å². The fourth-order valence-electron chi connectivity index (χ4n) is 1.35. The van der Waals surface area contributed by atoms with Gasteiger partial charge in [-0.2, -0.15) is 0 Å². The number of ether oxygens (including phenoxy) is 1. The molecule has 0 amide bonds. The van der Waals surface area contributed by atoms with Gasteiger partial charge in [0.25, 0.3) is 0 Å². The van der Waals surface area contributed by atoms with E-state index in [0.29, 0.717) is 6.54 Å². The summed E-state index contributed by atoms with van der Waals surface area (Å²) < 4.78 is 5.29. The third-order valence-electron chi connectivity index (χ3n) is 2.22. The maximum atomic E-state index is 5.42. The summed E-state index contributed by atoms with van der Waals surface area (Å²) in [5.41, 5.74) is 7.78. The van der Waals surface area contributed by atoms with Crippen LogP contribution in [0.15, 0.2) is 30.3 Å². The number of rotatable bonds is 4. The van der Waals surface area contributed by atoms with Crippen LogP contribution in [0.1, 0.15) is 24.2 Å². The molecule has 0 aliphatic heterocycles. The lowest BCUT2D eigenvalue weighted by molar-refractivity contribution is 0.119. The normalized spacial score (nSPS) is 13.4. The summed E-state index contributed by atoms with van der Waals surface area (Å²) in [6.07, 6.45) is 4.10. The van der Waals surface area contributed by atoms with Crippen LogP contribution in [0.25, 0.3) is 6.08 Å². The highest BCUT2D eigenvalue weighted by molar-refractivity contribution is 5.54. The van der Waals surface area contributed by atoms with Crippen LogP contribution in [0.3, 0.4) is 0 Å². The van der Waals surface area contributed by atoms with Gasteiger partial charge in [-0.05, 0) is 18.1 Å². The number of nitrogens with two attached hydrogens (primary N) is 1. The Labute approximate surface area is 85.4 Å². The summed E-state index contributed by atoms with van der Waals surface area (Å²) in [5, 5.41) is 0. The number of hydrogen-bond acceptors (Lipinski definition) is 2. The van der Waals surface area contributed by atoms with Gasteiger partial charge in [-0.15, -0.1) is 0 Å². The molecule has 2 heteroatoms. The Morgan fingerprint density at radius 3 is 2.79 bits per heavy atom. The first kappa shape index (κ1) is 11.0. The minimum atomic E-state index is 0.119. The molecule has 1 rings (SSSR count). The minimum absolute atomic E-state index is 0.119. The van der Waals surface area contributed by atoms with E-state index in [1.54, 1.807) is 7.11 Å². The van der Waals surface area contributed by atoms with Crippen LogP contribution in [-0.2, 0) is 4.74 Å². The van der Waals surface area contributed by atoms with Gasteiger partial charge in [-0.3, -0.25) is 0 Å². The summed E-state index contributed by atoms with van der Waals surface area (Å²) >= 11 is 0. The predicted molar refractivity (Wildman–Crippen MR) is 60.0 cm³/mol. The molecule has 1 unspecified atom stereocenters. The fourth-order valence-corrected chi connectivity index (χ4v) is 1.35. The van der Waals surface area contributed by atoms with Gasteiger partial charge >= 0.3 is 0 Å². The lowest BCUT2D eigenvalue weighted by Gasteiger charge is -2.12. The van der Waals surface area contributed by atoms with Crippen LogP contribution in [0, 0.1) is 0 Å². The molecule has 1 aromatic carbocycles. The molecule has 0 bridgehead atoms. The summed E-state index contributed by atoms with van der Waals surface area (Å²) in [6.45, 7) is 2.60. The molecule has 0 aliphatic rings. The summed E-state index contributed by atoms with van der Waals surface area (Å²) in [4.78, 5) is 0. The highest BCUT2D eigenvalue weighted by Crippen LogP contribution is 2.21. The van der Waals surface area contributed by atoms with E-state index in [1.165, 1.54) is 11.1 Å². The molecule has 0 fully saturated rings. The molecule has 1 atom stereocenters. The predicted octanol–water partition coefficient (Wildman–Crippen LogP) is 2.37. The quantitative estimate of drug-likeness (QED) is 0.793. The van der Waals surface area contributed by atoms with Crippen molar-refractivity contribution >= 4 is 6.08 Å². The van der Waals surface area contributed by atoms with Crippen molar-refractivity contribution in [3.8, 4) is 0 Å². The van der Waals surface area contributed by atoms with Crippen LogP contribution in [0.2, 0.25) is 0 Å². The third-order valence-corrected chi connectivity index (χ3v) is 2.22. The maximum Gasteiger partial charge on any atom is 0.0798 e. The van der Waals surface area contributed by atoms with Crippen molar-refractivity contribution in [3.05, 3.63) is 41.5 Å². The molecule has 0 saturated carbocycles. The number of benzene rings is 1. The molecule has 2 nitrogen and oxygen atoms in total. The van der Waals surface area contributed by atoms with Crippen LogP contribution in [-0.4, -0.2) is 13.7 Å². The van der Waals surface area contributed by atoms with E-state index in [-0.39, 0.29) is 6.10 Å². The van der Waals surface area contributed by atoms with Crippen molar-refractivity contribution in [1.29, 1.82) is 0 Å². The zero-order chi connectivity index (χ0) is 10.4. The largest absolute Gasteiger partial charge is 0.377 e. The second-order valence-corrected chi connectivity index (χ2v) is 3.14. The average Bonchev–Trinajstić information content (AvgIpc) is 2.25. The Hall–Kier alpha value is -1.12. The van der Waals surface area contributed by atoms with E-state index in [0.717, 1.165) is 0 Å². The van der Waals surface area contributed by atoms with Gasteiger partial charge in [0.05, 0.1) is 6.10 Å². The molecular formula is C12H17NO. The molecule has 0 saturated heterocycles. The maximum absolute atomic E-state index is 5.42. The summed E-state index contributed by atoms with van der Waals surface area (Å²) in [5.74, 6) is 0. The first-order chi connectivity index (χ1) is 6.79. The van der Waals surface area contributed by atoms with Crippen molar-refractivity contribution in [2.75, 3.05) is 13.7 Å². The molecule has 2 N–H and O–H groups in total. The van der Waals surface area contributed by atoms with Crippen molar-refractivity contribution in [2.24, 2.45) is 5.73 Å². The molecule has 0 aromatic heterocycles. The number of hydrogen-bond donors (Lipinski definition) is 1. The highest BCUT2D eigenvalue weighted by Gasteiger charge is 2.06. The van der Waals surface area contributed by atoms with E-state index < -0.39 is 0 Å². The molecule has 0 heterocycles. The molecular weight excluding hydrogens is 174 g/mol. The molecule has 76 valence electrons. The van der Waals surface area contributed by atoms with E-state index in [4.69, 9.17) is 10.5 Å². The number of methoxy groups -OCH3 is 1. The molecule has 1 aromatic rings. The monoisotopic (exact) mass is 191 g/mol. The van der Waals surface area contributed by atoms with Gasteiger partial charge < -0.3 is 10.5 Å². The van der Waals surface area contributed by atoms with Gasteiger partial charge in [0, 0.05) is 13.7 Å². The lowest BCUT2D eigenvalue weighted by Crippen LogP contribution is -1.98. The zero-order valence-corrected chi connectivity index (χ0v) is 8.73. The van der Waals surface area contributed by atoms with E-state index >= 15 is 0 Å². The fraction of sp³-hybridized carbons (Fsp3) is 0.333. The molecule has 0 radical (unpaired) electrons. The topological polar surface area (TPSA) is 35.2 Å².